The quantitative estimate of drug-likeness (QED) is 0.929. The molecule has 1 aliphatic carbocycles. The number of nitriles is 1. The van der Waals surface area contributed by atoms with Gasteiger partial charge in [0.15, 0.2) is 0 Å². The van der Waals surface area contributed by atoms with Crippen LogP contribution in [0.2, 0.25) is 5.02 Å². The number of hydrogen-bond acceptors (Lipinski definition) is 4. The highest BCUT2D eigenvalue weighted by Gasteiger charge is 2.29. The number of nitrogens with one attached hydrogen (secondary N) is 1. The standard InChI is InChI=1S/C14H17ClN4O/c1-8(2)13-17-7-10(15)12(19-13)14(20)18-11-5-3-4-9(11)6-16/h7-9,11H,3-5H2,1-2H3,(H,18,20). The molecule has 0 saturated heterocycles. The van der Waals surface area contributed by atoms with E-state index in [1.807, 2.05) is 13.8 Å². The number of hydrogen-bond donors (Lipinski definition) is 1. The highest BCUT2D eigenvalue weighted by molar-refractivity contribution is 6.33. The average Bonchev–Trinajstić information content (AvgIpc) is 2.86. The first-order valence-corrected chi connectivity index (χ1v) is 7.13. The summed E-state index contributed by atoms with van der Waals surface area (Å²) in [5.41, 5.74) is 0.189. The molecule has 0 aliphatic heterocycles. The highest BCUT2D eigenvalue weighted by atomic mass is 35.5. The Labute approximate surface area is 123 Å². The lowest BCUT2D eigenvalue weighted by atomic mass is 10.1. The first-order valence-electron chi connectivity index (χ1n) is 6.75. The van der Waals surface area contributed by atoms with E-state index < -0.39 is 0 Å². The Morgan fingerprint density at radius 3 is 2.95 bits per heavy atom. The molecule has 106 valence electrons. The van der Waals surface area contributed by atoms with Gasteiger partial charge in [0.1, 0.15) is 11.5 Å². The van der Waals surface area contributed by atoms with Gasteiger partial charge < -0.3 is 5.32 Å². The lowest BCUT2D eigenvalue weighted by molar-refractivity contribution is 0.0927. The molecule has 0 bridgehead atoms. The number of carbonyl (C=O) groups excluding carboxylic acids is 1. The summed E-state index contributed by atoms with van der Waals surface area (Å²) < 4.78 is 0. The second kappa shape index (κ2) is 6.19. The van der Waals surface area contributed by atoms with Crippen LogP contribution in [0.1, 0.15) is 55.3 Å². The molecule has 1 heterocycles. The average molecular weight is 293 g/mol. The molecule has 1 aromatic heterocycles. The van der Waals surface area contributed by atoms with Gasteiger partial charge in [-0.2, -0.15) is 5.26 Å². The lowest BCUT2D eigenvalue weighted by Crippen LogP contribution is -2.37. The summed E-state index contributed by atoms with van der Waals surface area (Å²) in [5.74, 6) is 0.260. The Bertz CT molecular complexity index is 553. The van der Waals surface area contributed by atoms with Crippen LogP contribution in [0.5, 0.6) is 0 Å². The van der Waals surface area contributed by atoms with Crippen molar-refractivity contribution in [1.82, 2.24) is 15.3 Å². The van der Waals surface area contributed by atoms with Gasteiger partial charge in [-0.25, -0.2) is 9.97 Å². The zero-order chi connectivity index (χ0) is 14.7. The molecule has 0 spiro atoms. The zero-order valence-corrected chi connectivity index (χ0v) is 12.3. The van der Waals surface area contributed by atoms with E-state index in [0.717, 1.165) is 19.3 Å². The summed E-state index contributed by atoms with van der Waals surface area (Å²) in [7, 11) is 0. The monoisotopic (exact) mass is 292 g/mol. The van der Waals surface area contributed by atoms with Crippen LogP contribution >= 0.6 is 11.6 Å². The molecule has 0 radical (unpaired) electrons. The van der Waals surface area contributed by atoms with Gasteiger partial charge in [-0.3, -0.25) is 4.79 Å². The number of nitrogens with zero attached hydrogens (tertiary/aromatic N) is 3. The molecule has 1 aromatic rings. The molecule has 2 rings (SSSR count). The molecule has 0 aromatic carbocycles. The maximum atomic E-state index is 12.3. The highest BCUT2D eigenvalue weighted by Crippen LogP contribution is 2.25. The Morgan fingerprint density at radius 2 is 2.30 bits per heavy atom. The van der Waals surface area contributed by atoms with Crippen molar-refractivity contribution in [3.8, 4) is 6.07 Å². The zero-order valence-electron chi connectivity index (χ0n) is 11.6. The number of carbonyl (C=O) groups is 1. The van der Waals surface area contributed by atoms with Gasteiger partial charge in [-0.1, -0.05) is 25.4 Å². The molecule has 5 nitrogen and oxygen atoms in total. The molecule has 1 fully saturated rings. The Hall–Kier alpha value is -1.67. The number of aromatic nitrogens is 2. The third kappa shape index (κ3) is 3.07. The van der Waals surface area contributed by atoms with Crippen molar-refractivity contribution in [2.75, 3.05) is 0 Å². The molecule has 20 heavy (non-hydrogen) atoms. The van der Waals surface area contributed by atoms with Crippen molar-refractivity contribution in [3.63, 3.8) is 0 Å². The fourth-order valence-electron chi connectivity index (χ4n) is 2.34. The molecule has 1 amide bonds. The van der Waals surface area contributed by atoms with Crippen LogP contribution in [0, 0.1) is 17.2 Å². The van der Waals surface area contributed by atoms with Crippen LogP contribution < -0.4 is 5.32 Å². The van der Waals surface area contributed by atoms with Crippen molar-refractivity contribution in [2.45, 2.75) is 45.1 Å². The first kappa shape index (κ1) is 14.7. The van der Waals surface area contributed by atoms with Crippen molar-refractivity contribution >= 4 is 17.5 Å². The second-order valence-electron chi connectivity index (χ2n) is 5.33. The molecule has 1 N–H and O–H groups in total. The Morgan fingerprint density at radius 1 is 1.55 bits per heavy atom. The second-order valence-corrected chi connectivity index (χ2v) is 5.73. The summed E-state index contributed by atoms with van der Waals surface area (Å²) in [4.78, 5) is 20.6. The topological polar surface area (TPSA) is 78.7 Å². The van der Waals surface area contributed by atoms with Crippen LogP contribution in [0.3, 0.4) is 0 Å². The molecule has 1 saturated carbocycles. The van der Waals surface area contributed by atoms with Crippen LogP contribution in [-0.4, -0.2) is 21.9 Å². The van der Waals surface area contributed by atoms with E-state index in [2.05, 4.69) is 21.4 Å². The summed E-state index contributed by atoms with van der Waals surface area (Å²) in [6.45, 7) is 3.90. The first-order chi connectivity index (χ1) is 9.52. The van der Waals surface area contributed by atoms with Crippen molar-refractivity contribution in [1.29, 1.82) is 5.26 Å². The Kier molecular flexibility index (Phi) is 4.56. The van der Waals surface area contributed by atoms with Gasteiger partial charge in [-0.15, -0.1) is 0 Å². The van der Waals surface area contributed by atoms with E-state index in [1.165, 1.54) is 6.20 Å². The summed E-state index contributed by atoms with van der Waals surface area (Å²) in [6, 6.07) is 2.12. The SMILES string of the molecule is CC(C)c1ncc(Cl)c(C(=O)NC2CCCC2C#N)n1. The van der Waals surface area contributed by atoms with Crippen LogP contribution in [-0.2, 0) is 0 Å². The van der Waals surface area contributed by atoms with Gasteiger partial charge in [0.05, 0.1) is 23.2 Å². The molecule has 2 atom stereocenters. The molecular formula is C14H17ClN4O. The minimum absolute atomic E-state index is 0.110. The lowest BCUT2D eigenvalue weighted by Gasteiger charge is -2.16. The third-order valence-electron chi connectivity index (χ3n) is 3.49. The van der Waals surface area contributed by atoms with Crippen LogP contribution in [0.15, 0.2) is 6.20 Å². The van der Waals surface area contributed by atoms with E-state index in [9.17, 15) is 4.79 Å². The van der Waals surface area contributed by atoms with Gasteiger partial charge in [0, 0.05) is 12.0 Å². The van der Waals surface area contributed by atoms with Crippen molar-refractivity contribution in [3.05, 3.63) is 22.7 Å². The fraction of sp³-hybridized carbons (Fsp3) is 0.571. The number of halogens is 1. The van der Waals surface area contributed by atoms with Gasteiger partial charge in [-0.05, 0) is 19.3 Å². The molecule has 1 aliphatic rings. The summed E-state index contributed by atoms with van der Waals surface area (Å²) >= 11 is 6.00. The molecule has 2 unspecified atom stereocenters. The van der Waals surface area contributed by atoms with Gasteiger partial charge in [0.25, 0.3) is 5.91 Å². The molecule has 6 heteroatoms. The van der Waals surface area contributed by atoms with Crippen molar-refractivity contribution in [2.24, 2.45) is 5.92 Å². The largest absolute Gasteiger partial charge is 0.347 e. The Balaban J connectivity index is 2.17. The summed E-state index contributed by atoms with van der Waals surface area (Å²) in [6.07, 6.45) is 4.06. The minimum atomic E-state index is -0.327. The van der Waals surface area contributed by atoms with Crippen LogP contribution in [0.4, 0.5) is 0 Å². The fourth-order valence-corrected chi connectivity index (χ4v) is 2.52. The van der Waals surface area contributed by atoms with E-state index in [-0.39, 0.29) is 34.5 Å². The predicted molar refractivity (Wildman–Crippen MR) is 75.3 cm³/mol. The molecular weight excluding hydrogens is 276 g/mol. The van der Waals surface area contributed by atoms with Crippen molar-refractivity contribution < 1.29 is 4.79 Å². The van der Waals surface area contributed by atoms with Gasteiger partial charge >= 0.3 is 0 Å². The smallest absolute Gasteiger partial charge is 0.271 e. The van der Waals surface area contributed by atoms with E-state index >= 15 is 0 Å². The van der Waals surface area contributed by atoms with E-state index in [1.54, 1.807) is 0 Å². The minimum Gasteiger partial charge on any atom is -0.347 e. The van der Waals surface area contributed by atoms with Gasteiger partial charge in [0.2, 0.25) is 0 Å². The maximum absolute atomic E-state index is 12.3. The normalized spacial score (nSPS) is 21.8. The number of rotatable bonds is 3. The summed E-state index contributed by atoms with van der Waals surface area (Å²) in [5, 5.41) is 12.1. The van der Waals surface area contributed by atoms with E-state index in [4.69, 9.17) is 16.9 Å². The van der Waals surface area contributed by atoms with Crippen LogP contribution in [0.25, 0.3) is 0 Å². The number of amides is 1. The van der Waals surface area contributed by atoms with E-state index in [0.29, 0.717) is 5.82 Å². The predicted octanol–water partition coefficient (Wildman–Crippen LogP) is 2.68. The third-order valence-corrected chi connectivity index (χ3v) is 3.77. The maximum Gasteiger partial charge on any atom is 0.271 e.